The maximum Gasteiger partial charge on any atom is 0.344 e. The van der Waals surface area contributed by atoms with Crippen molar-refractivity contribution in [2.45, 2.75) is 53.9 Å². The summed E-state index contributed by atoms with van der Waals surface area (Å²) in [5.41, 5.74) is 4.08. The molecule has 0 aliphatic heterocycles. The van der Waals surface area contributed by atoms with E-state index in [9.17, 15) is 4.79 Å². The lowest BCUT2D eigenvalue weighted by Crippen LogP contribution is -2.19. The van der Waals surface area contributed by atoms with Crippen molar-refractivity contribution in [2.75, 3.05) is 6.61 Å². The molecule has 0 saturated heterocycles. The molecule has 112 valence electrons. The Morgan fingerprint density at radius 3 is 2.65 bits per heavy atom. The lowest BCUT2D eigenvalue weighted by molar-refractivity contribution is -0.137. The summed E-state index contributed by atoms with van der Waals surface area (Å²) in [7, 11) is 0. The molecule has 0 aromatic carbocycles. The molecule has 0 amide bonds. The monoisotopic (exact) mass is 388 g/mol. The Labute approximate surface area is 136 Å². The molecular weight excluding hydrogens is 363 g/mol. The molecule has 0 aromatic rings. The van der Waals surface area contributed by atoms with E-state index >= 15 is 0 Å². The Morgan fingerprint density at radius 1 is 1.45 bits per heavy atom. The van der Waals surface area contributed by atoms with Crippen LogP contribution in [-0.4, -0.2) is 12.6 Å². The number of rotatable bonds is 4. The fraction of sp³-hybridized carbons (Fsp3) is 0.588. The molecular formula is C17H25IO2. The van der Waals surface area contributed by atoms with Crippen molar-refractivity contribution in [3.05, 3.63) is 32.5 Å². The third-order valence-electron chi connectivity index (χ3n) is 3.84. The van der Waals surface area contributed by atoms with Gasteiger partial charge in [0.1, 0.15) is 3.58 Å². The van der Waals surface area contributed by atoms with Crippen LogP contribution in [0.5, 0.6) is 0 Å². The van der Waals surface area contributed by atoms with Gasteiger partial charge >= 0.3 is 5.97 Å². The van der Waals surface area contributed by atoms with Gasteiger partial charge in [-0.25, -0.2) is 4.79 Å². The first kappa shape index (κ1) is 17.5. The number of esters is 1. The van der Waals surface area contributed by atoms with Gasteiger partial charge in [0.2, 0.25) is 0 Å². The van der Waals surface area contributed by atoms with Crippen LogP contribution >= 0.6 is 22.6 Å². The van der Waals surface area contributed by atoms with E-state index in [0.717, 1.165) is 5.57 Å². The number of hydrogen-bond donors (Lipinski definition) is 0. The SMILES string of the molecule is CCOC(=O)C(I)=C(C)C=CC1=C(C)CCCC1(C)C. The largest absolute Gasteiger partial charge is 0.462 e. The van der Waals surface area contributed by atoms with Crippen LogP contribution in [0, 0.1) is 5.41 Å². The van der Waals surface area contributed by atoms with Crippen molar-refractivity contribution in [3.8, 4) is 0 Å². The molecule has 0 bridgehead atoms. The number of carbonyl (C=O) groups is 1. The Bertz CT molecular complexity index is 467. The predicted molar refractivity (Wildman–Crippen MR) is 92.8 cm³/mol. The molecule has 0 heterocycles. The van der Waals surface area contributed by atoms with Crippen LogP contribution in [0.1, 0.15) is 53.9 Å². The molecule has 1 rings (SSSR count). The van der Waals surface area contributed by atoms with E-state index in [4.69, 9.17) is 4.74 Å². The number of hydrogen-bond acceptors (Lipinski definition) is 2. The molecule has 0 radical (unpaired) electrons. The summed E-state index contributed by atoms with van der Waals surface area (Å²) in [6.07, 6.45) is 7.90. The topological polar surface area (TPSA) is 26.3 Å². The van der Waals surface area contributed by atoms with E-state index in [0.29, 0.717) is 10.2 Å². The molecule has 0 fully saturated rings. The standard InChI is InChI=1S/C17H25IO2/c1-6-20-16(19)15(18)13(3)9-10-14-12(2)8-7-11-17(14,4)5/h9-10H,6-8,11H2,1-5H3. The van der Waals surface area contributed by atoms with Gasteiger partial charge in [-0.05, 0) is 79.2 Å². The predicted octanol–water partition coefficient (Wildman–Crippen LogP) is 5.34. The molecule has 0 saturated carbocycles. The summed E-state index contributed by atoms with van der Waals surface area (Å²) in [5.74, 6) is -0.233. The van der Waals surface area contributed by atoms with Crippen LogP contribution in [0.2, 0.25) is 0 Å². The number of halogens is 1. The Kier molecular flexibility index (Phi) is 6.49. The lowest BCUT2D eigenvalue weighted by Gasteiger charge is -2.33. The van der Waals surface area contributed by atoms with E-state index in [1.165, 1.54) is 30.4 Å². The molecule has 1 aliphatic rings. The molecule has 3 heteroatoms. The summed E-state index contributed by atoms with van der Waals surface area (Å²) in [6.45, 7) is 11.0. The van der Waals surface area contributed by atoms with E-state index in [2.05, 4.69) is 49.4 Å². The smallest absolute Gasteiger partial charge is 0.344 e. The van der Waals surface area contributed by atoms with Crippen LogP contribution in [0.3, 0.4) is 0 Å². The average Bonchev–Trinajstić information content (AvgIpc) is 2.36. The van der Waals surface area contributed by atoms with Crippen molar-refractivity contribution >= 4 is 28.6 Å². The minimum atomic E-state index is -0.233. The highest BCUT2D eigenvalue weighted by Gasteiger charge is 2.26. The van der Waals surface area contributed by atoms with E-state index < -0.39 is 0 Å². The second kappa shape index (κ2) is 7.43. The molecule has 0 aromatic heterocycles. The summed E-state index contributed by atoms with van der Waals surface area (Å²) in [4.78, 5) is 11.7. The highest BCUT2D eigenvalue weighted by atomic mass is 127. The molecule has 2 nitrogen and oxygen atoms in total. The molecule has 0 N–H and O–H groups in total. The van der Waals surface area contributed by atoms with Gasteiger partial charge in [0.15, 0.2) is 0 Å². The minimum absolute atomic E-state index is 0.231. The van der Waals surface area contributed by atoms with Gasteiger partial charge in [-0.2, -0.15) is 0 Å². The van der Waals surface area contributed by atoms with Crippen molar-refractivity contribution in [2.24, 2.45) is 5.41 Å². The maximum absolute atomic E-state index is 11.7. The maximum atomic E-state index is 11.7. The molecule has 1 aliphatic carbocycles. The highest BCUT2D eigenvalue weighted by molar-refractivity contribution is 14.1. The summed E-state index contributed by atoms with van der Waals surface area (Å²) in [5, 5.41) is 0. The van der Waals surface area contributed by atoms with Gasteiger partial charge in [-0.1, -0.05) is 31.6 Å². The zero-order valence-electron chi connectivity index (χ0n) is 13.2. The molecule has 0 spiro atoms. The quantitative estimate of drug-likeness (QED) is 0.281. The van der Waals surface area contributed by atoms with Crippen LogP contribution in [-0.2, 0) is 9.53 Å². The van der Waals surface area contributed by atoms with Crippen LogP contribution in [0.25, 0.3) is 0 Å². The number of allylic oxidation sites excluding steroid dienone is 5. The van der Waals surface area contributed by atoms with Crippen molar-refractivity contribution in [1.82, 2.24) is 0 Å². The zero-order valence-corrected chi connectivity index (χ0v) is 15.3. The van der Waals surface area contributed by atoms with E-state index in [1.807, 2.05) is 19.9 Å². The first-order valence-corrected chi connectivity index (χ1v) is 8.29. The normalized spacial score (nSPS) is 20.1. The molecule has 0 atom stereocenters. The Morgan fingerprint density at radius 2 is 2.10 bits per heavy atom. The third kappa shape index (κ3) is 4.47. The average molecular weight is 388 g/mol. The summed E-state index contributed by atoms with van der Waals surface area (Å²) >= 11 is 2.06. The summed E-state index contributed by atoms with van der Waals surface area (Å²) in [6, 6.07) is 0. The van der Waals surface area contributed by atoms with Crippen molar-refractivity contribution < 1.29 is 9.53 Å². The first-order chi connectivity index (χ1) is 9.29. The van der Waals surface area contributed by atoms with E-state index in [1.54, 1.807) is 0 Å². The number of carbonyl (C=O) groups excluding carboxylic acids is 1. The van der Waals surface area contributed by atoms with Crippen LogP contribution in [0.15, 0.2) is 32.5 Å². The van der Waals surface area contributed by atoms with Gasteiger partial charge in [0, 0.05) is 0 Å². The van der Waals surface area contributed by atoms with Gasteiger partial charge in [-0.15, -0.1) is 0 Å². The van der Waals surface area contributed by atoms with Gasteiger partial charge < -0.3 is 4.74 Å². The third-order valence-corrected chi connectivity index (χ3v) is 5.13. The van der Waals surface area contributed by atoms with Crippen molar-refractivity contribution in [1.29, 1.82) is 0 Å². The second-order valence-electron chi connectivity index (χ2n) is 5.98. The Hall–Kier alpha value is -0.580. The van der Waals surface area contributed by atoms with Crippen LogP contribution < -0.4 is 0 Å². The molecule has 0 unspecified atom stereocenters. The first-order valence-electron chi connectivity index (χ1n) is 7.21. The van der Waals surface area contributed by atoms with Crippen molar-refractivity contribution in [3.63, 3.8) is 0 Å². The highest BCUT2D eigenvalue weighted by Crippen LogP contribution is 2.40. The van der Waals surface area contributed by atoms with Gasteiger partial charge in [0.05, 0.1) is 6.61 Å². The fourth-order valence-corrected chi connectivity index (χ4v) is 2.98. The molecule has 20 heavy (non-hydrogen) atoms. The minimum Gasteiger partial charge on any atom is -0.462 e. The second-order valence-corrected chi connectivity index (χ2v) is 7.06. The Balaban J connectivity index is 2.96. The van der Waals surface area contributed by atoms with Gasteiger partial charge in [-0.3, -0.25) is 0 Å². The lowest BCUT2D eigenvalue weighted by atomic mass is 9.72. The number of ether oxygens (including phenoxy) is 1. The van der Waals surface area contributed by atoms with Crippen LogP contribution in [0.4, 0.5) is 0 Å². The fourth-order valence-electron chi connectivity index (χ4n) is 2.65. The summed E-state index contributed by atoms with van der Waals surface area (Å²) < 4.78 is 5.69. The zero-order chi connectivity index (χ0) is 15.3. The van der Waals surface area contributed by atoms with Gasteiger partial charge in [0.25, 0.3) is 0 Å². The van der Waals surface area contributed by atoms with E-state index in [-0.39, 0.29) is 11.4 Å².